The van der Waals surface area contributed by atoms with E-state index < -0.39 is 5.25 Å². The maximum Gasteiger partial charge on any atom is 0.237 e. The maximum atomic E-state index is 12.6. The molecule has 9 heteroatoms. The second kappa shape index (κ2) is 9.23. The Kier molecular flexibility index (Phi) is 6.49. The summed E-state index contributed by atoms with van der Waals surface area (Å²) >= 11 is 1.27. The van der Waals surface area contributed by atoms with Crippen molar-refractivity contribution in [2.45, 2.75) is 24.3 Å². The lowest BCUT2D eigenvalue weighted by molar-refractivity contribution is -0.115. The Labute approximate surface area is 167 Å². The predicted octanol–water partition coefficient (Wildman–Crippen LogP) is 3.19. The van der Waals surface area contributed by atoms with E-state index in [9.17, 15) is 4.79 Å². The van der Waals surface area contributed by atoms with Crippen LogP contribution in [0.15, 0.2) is 53.7 Å². The summed E-state index contributed by atoms with van der Waals surface area (Å²) < 4.78 is 12.3. The predicted molar refractivity (Wildman–Crippen MR) is 107 cm³/mol. The zero-order chi connectivity index (χ0) is 19.9. The molecule has 8 nitrogen and oxygen atoms in total. The second-order valence-electron chi connectivity index (χ2n) is 5.75. The third kappa shape index (κ3) is 4.61. The van der Waals surface area contributed by atoms with Gasteiger partial charge in [0.2, 0.25) is 11.1 Å². The molecule has 0 aliphatic heterocycles. The molecular formula is C19H21N5O3S. The maximum absolute atomic E-state index is 12.6. The number of hydrogen-bond acceptors (Lipinski definition) is 7. The highest BCUT2D eigenvalue weighted by Crippen LogP contribution is 2.27. The molecule has 28 heavy (non-hydrogen) atoms. The van der Waals surface area contributed by atoms with Gasteiger partial charge in [-0.05, 0) is 60.7 Å². The molecule has 1 heterocycles. The molecule has 2 aromatic carbocycles. The van der Waals surface area contributed by atoms with Crippen molar-refractivity contribution in [2.24, 2.45) is 0 Å². The van der Waals surface area contributed by atoms with Crippen LogP contribution in [0, 0.1) is 0 Å². The number of rotatable bonds is 8. The lowest BCUT2D eigenvalue weighted by Crippen LogP contribution is -2.23. The van der Waals surface area contributed by atoms with Crippen LogP contribution in [-0.4, -0.2) is 45.1 Å². The van der Waals surface area contributed by atoms with E-state index in [4.69, 9.17) is 9.47 Å². The molecule has 1 aromatic heterocycles. The third-order valence-electron chi connectivity index (χ3n) is 3.85. The smallest absolute Gasteiger partial charge is 0.237 e. The van der Waals surface area contributed by atoms with E-state index in [0.717, 1.165) is 11.4 Å². The Hall–Kier alpha value is -3.07. The van der Waals surface area contributed by atoms with E-state index in [1.54, 1.807) is 30.8 Å². The fourth-order valence-corrected chi connectivity index (χ4v) is 3.27. The molecule has 1 N–H and O–H groups in total. The SMILES string of the molecule is CCOc1ccc(-n2nnnc2S[C@@H](C)C(=O)Nc2ccccc2OC)cc1. The van der Waals surface area contributed by atoms with Gasteiger partial charge in [-0.2, -0.15) is 4.68 Å². The summed E-state index contributed by atoms with van der Waals surface area (Å²) in [5.74, 6) is 1.21. The molecule has 1 atom stereocenters. The van der Waals surface area contributed by atoms with E-state index in [0.29, 0.717) is 23.2 Å². The molecule has 0 aliphatic rings. The summed E-state index contributed by atoms with van der Waals surface area (Å²) in [6.45, 7) is 4.33. The number of hydrogen-bond donors (Lipinski definition) is 1. The van der Waals surface area contributed by atoms with E-state index in [2.05, 4.69) is 20.8 Å². The third-order valence-corrected chi connectivity index (χ3v) is 4.88. The number of methoxy groups -OCH3 is 1. The molecule has 0 radical (unpaired) electrons. The number of nitrogens with one attached hydrogen (secondary N) is 1. The summed E-state index contributed by atoms with van der Waals surface area (Å²) in [4.78, 5) is 12.6. The number of benzene rings is 2. The fraction of sp³-hybridized carbons (Fsp3) is 0.263. The van der Waals surface area contributed by atoms with Crippen molar-refractivity contribution in [3.05, 3.63) is 48.5 Å². The minimum Gasteiger partial charge on any atom is -0.495 e. The molecular weight excluding hydrogens is 378 g/mol. The zero-order valence-corrected chi connectivity index (χ0v) is 16.6. The van der Waals surface area contributed by atoms with Gasteiger partial charge in [0, 0.05) is 0 Å². The highest BCUT2D eigenvalue weighted by Gasteiger charge is 2.20. The quantitative estimate of drug-likeness (QED) is 0.582. The fourth-order valence-electron chi connectivity index (χ4n) is 2.46. The van der Waals surface area contributed by atoms with E-state index in [-0.39, 0.29) is 5.91 Å². The van der Waals surface area contributed by atoms with Crippen molar-refractivity contribution in [1.82, 2.24) is 20.2 Å². The lowest BCUT2D eigenvalue weighted by atomic mass is 10.3. The summed E-state index contributed by atoms with van der Waals surface area (Å²) in [5.41, 5.74) is 1.40. The van der Waals surface area contributed by atoms with Crippen LogP contribution in [0.25, 0.3) is 5.69 Å². The van der Waals surface area contributed by atoms with Crippen LogP contribution in [0.1, 0.15) is 13.8 Å². The highest BCUT2D eigenvalue weighted by molar-refractivity contribution is 8.00. The molecule has 0 aliphatic carbocycles. The minimum absolute atomic E-state index is 0.171. The Morgan fingerprint density at radius 2 is 1.96 bits per heavy atom. The van der Waals surface area contributed by atoms with Gasteiger partial charge in [0.15, 0.2) is 0 Å². The van der Waals surface area contributed by atoms with Crippen LogP contribution < -0.4 is 14.8 Å². The first-order valence-electron chi connectivity index (χ1n) is 8.74. The molecule has 0 fully saturated rings. The molecule has 0 spiro atoms. The molecule has 3 rings (SSSR count). The first kappa shape index (κ1) is 19.7. The Balaban J connectivity index is 1.70. The van der Waals surface area contributed by atoms with Crippen molar-refractivity contribution in [2.75, 3.05) is 19.0 Å². The van der Waals surface area contributed by atoms with Crippen molar-refractivity contribution < 1.29 is 14.3 Å². The number of anilines is 1. The first-order valence-corrected chi connectivity index (χ1v) is 9.62. The number of para-hydroxylation sites is 2. The van der Waals surface area contributed by atoms with Gasteiger partial charge in [0.05, 0.1) is 30.3 Å². The zero-order valence-electron chi connectivity index (χ0n) is 15.8. The van der Waals surface area contributed by atoms with Gasteiger partial charge in [-0.1, -0.05) is 23.9 Å². The van der Waals surface area contributed by atoms with Crippen LogP contribution >= 0.6 is 11.8 Å². The van der Waals surface area contributed by atoms with Crippen LogP contribution in [-0.2, 0) is 4.79 Å². The van der Waals surface area contributed by atoms with Gasteiger partial charge >= 0.3 is 0 Å². The molecule has 0 saturated carbocycles. The largest absolute Gasteiger partial charge is 0.495 e. The molecule has 1 amide bonds. The summed E-state index contributed by atoms with van der Waals surface area (Å²) in [6.07, 6.45) is 0. The Bertz CT molecular complexity index is 929. The normalized spacial score (nSPS) is 11.7. The number of ether oxygens (including phenoxy) is 2. The van der Waals surface area contributed by atoms with Gasteiger partial charge in [0.1, 0.15) is 11.5 Å². The molecule has 0 unspecified atom stereocenters. The Morgan fingerprint density at radius 3 is 2.68 bits per heavy atom. The van der Waals surface area contributed by atoms with Crippen LogP contribution in [0.2, 0.25) is 0 Å². The minimum atomic E-state index is -0.419. The second-order valence-corrected chi connectivity index (χ2v) is 7.06. The number of nitrogens with zero attached hydrogens (tertiary/aromatic N) is 4. The average Bonchev–Trinajstić information content (AvgIpc) is 3.17. The highest BCUT2D eigenvalue weighted by atomic mass is 32.2. The standard InChI is InChI=1S/C19H21N5O3S/c1-4-27-15-11-9-14(10-12-15)24-19(21-22-23-24)28-13(2)18(25)20-16-7-5-6-8-17(16)26-3/h5-13H,4H2,1-3H3,(H,20,25)/t13-/m0/s1. The van der Waals surface area contributed by atoms with Crippen molar-refractivity contribution in [3.8, 4) is 17.2 Å². The Morgan fingerprint density at radius 1 is 1.21 bits per heavy atom. The summed E-state index contributed by atoms with van der Waals surface area (Å²) in [5, 5.41) is 14.8. The number of tetrazole rings is 1. The molecule has 3 aromatic rings. The number of aromatic nitrogens is 4. The number of thioether (sulfide) groups is 1. The number of carbonyl (C=O) groups excluding carboxylic acids is 1. The van der Waals surface area contributed by atoms with Gasteiger partial charge in [-0.15, -0.1) is 5.10 Å². The van der Waals surface area contributed by atoms with Crippen LogP contribution in [0.5, 0.6) is 11.5 Å². The number of amides is 1. The molecule has 146 valence electrons. The first-order chi connectivity index (χ1) is 13.6. The monoisotopic (exact) mass is 399 g/mol. The van der Waals surface area contributed by atoms with Crippen LogP contribution in [0.3, 0.4) is 0 Å². The van der Waals surface area contributed by atoms with Gasteiger partial charge in [-0.25, -0.2) is 0 Å². The lowest BCUT2D eigenvalue weighted by Gasteiger charge is -2.14. The van der Waals surface area contributed by atoms with Gasteiger partial charge in [-0.3, -0.25) is 4.79 Å². The topological polar surface area (TPSA) is 91.2 Å². The van der Waals surface area contributed by atoms with Crippen molar-refractivity contribution in [1.29, 1.82) is 0 Å². The summed E-state index contributed by atoms with van der Waals surface area (Å²) in [7, 11) is 1.56. The van der Waals surface area contributed by atoms with E-state index in [1.165, 1.54) is 11.8 Å². The van der Waals surface area contributed by atoms with Crippen LogP contribution in [0.4, 0.5) is 5.69 Å². The molecule has 0 bridgehead atoms. The van der Waals surface area contributed by atoms with E-state index in [1.807, 2.05) is 43.3 Å². The van der Waals surface area contributed by atoms with E-state index >= 15 is 0 Å². The summed E-state index contributed by atoms with van der Waals surface area (Å²) in [6, 6.07) is 14.7. The van der Waals surface area contributed by atoms with Gasteiger partial charge in [0.25, 0.3) is 0 Å². The van der Waals surface area contributed by atoms with Crippen molar-refractivity contribution >= 4 is 23.4 Å². The van der Waals surface area contributed by atoms with Gasteiger partial charge < -0.3 is 14.8 Å². The number of carbonyl (C=O) groups is 1. The average molecular weight is 399 g/mol. The molecule has 0 saturated heterocycles. The van der Waals surface area contributed by atoms with Crippen molar-refractivity contribution in [3.63, 3.8) is 0 Å².